The van der Waals surface area contributed by atoms with E-state index in [2.05, 4.69) is 11.8 Å². The third kappa shape index (κ3) is 42.3. The molecule has 0 heterocycles. The van der Waals surface area contributed by atoms with Crippen molar-refractivity contribution in [3.63, 3.8) is 0 Å². The Morgan fingerprint density at radius 2 is 1.50 bits per heavy atom. The Hall–Kier alpha value is 1.75. The van der Waals surface area contributed by atoms with Crippen LogP contribution >= 0.6 is 0 Å². The predicted octanol–water partition coefficient (Wildman–Crippen LogP) is 0.870. The molecule has 0 aliphatic heterocycles. The van der Waals surface area contributed by atoms with Crippen molar-refractivity contribution in [1.82, 2.24) is 0 Å². The molecule has 0 aliphatic rings. The maximum atomic E-state index is 4.00. The van der Waals surface area contributed by atoms with Crippen LogP contribution in [0, 0.1) is 14.5 Å². The number of hydrogen-bond donors (Lipinski definition) is 0. The summed E-state index contributed by atoms with van der Waals surface area (Å²) in [6, 6.07) is 0. The zero-order chi connectivity index (χ0) is 2.71. The molecule has 0 N–H and O–H groups in total. The van der Waals surface area contributed by atoms with Crippen molar-refractivity contribution >= 4 is 0 Å². The zero-order valence-corrected chi connectivity index (χ0v) is 9.87. The summed E-state index contributed by atoms with van der Waals surface area (Å²) in [6.45, 7) is 0. The van der Waals surface area contributed by atoms with Crippen LogP contribution in [0.2, 0.25) is 0 Å². The monoisotopic (exact) mass is 333 g/mol. The largest absolute Gasteiger partial charge is 0.557 e. The molecule has 0 rings (SSSR count). The van der Waals surface area contributed by atoms with Crippen molar-refractivity contribution in [2.75, 3.05) is 7.11 Å². The fraction of sp³-hybridized carbons (Fsp3) is 0.333. The summed E-state index contributed by atoms with van der Waals surface area (Å²) >= 11 is 0. The van der Waals surface area contributed by atoms with E-state index in [-0.39, 0.29) is 61.2 Å². The van der Waals surface area contributed by atoms with E-state index in [1.807, 2.05) is 0 Å². The molecule has 0 amide bonds. The van der Waals surface area contributed by atoms with Crippen molar-refractivity contribution in [2.24, 2.45) is 0 Å². The molecular formula is C3H8OWY-2. The summed E-state index contributed by atoms with van der Waals surface area (Å²) in [6.07, 6.45) is 0. The first-order valence-electron chi connectivity index (χ1n) is 0.697. The Morgan fingerprint density at radius 1 is 1.50 bits per heavy atom. The molecule has 0 aromatic heterocycles. The van der Waals surface area contributed by atoms with E-state index in [1.54, 1.807) is 0 Å². The van der Waals surface area contributed by atoms with Gasteiger partial charge in [0.2, 0.25) is 0 Å². The van der Waals surface area contributed by atoms with Crippen LogP contribution in [0.25, 0.3) is 0 Å². The van der Waals surface area contributed by atoms with E-state index in [0.29, 0.717) is 0 Å². The summed E-state index contributed by atoms with van der Waals surface area (Å²) in [5.74, 6) is 0. The van der Waals surface area contributed by atoms with Crippen molar-refractivity contribution in [3.8, 4) is 0 Å². The molecule has 0 saturated carbocycles. The first-order chi connectivity index (χ1) is 1.41. The molecule has 0 saturated heterocycles. The van der Waals surface area contributed by atoms with Crippen LogP contribution in [-0.2, 0) is 58.5 Å². The first-order valence-corrected chi connectivity index (χ1v) is 0.697. The van der Waals surface area contributed by atoms with Gasteiger partial charge >= 0.3 is 0 Å². The maximum absolute atomic E-state index is 4.00. The molecule has 3 heteroatoms. The van der Waals surface area contributed by atoms with Crippen LogP contribution in [0.4, 0.5) is 0 Å². The third-order valence-electron chi connectivity index (χ3n) is 0. The molecule has 0 aliphatic carbocycles. The Kier molecular flexibility index (Phi) is 123. The molecule has 1 radical (unpaired) electrons. The second kappa shape index (κ2) is 29.5. The summed E-state index contributed by atoms with van der Waals surface area (Å²) in [4.78, 5) is 0. The minimum absolute atomic E-state index is 0. The minimum Gasteiger partial charge on any atom is -0.557 e. The average Bonchev–Trinajstić information content (AvgIpc) is 0.918. The summed E-state index contributed by atoms with van der Waals surface area (Å²) < 4.78 is 4.00. The SMILES string of the molecule is [CH2-]OC.[CH3-].[W].[Y]. The van der Waals surface area contributed by atoms with E-state index in [1.165, 1.54) is 7.11 Å². The zero-order valence-electron chi connectivity index (χ0n) is 4.10. The molecule has 1 nitrogen and oxygen atoms in total. The molecule has 0 bridgehead atoms. The number of methoxy groups -OCH3 is 1. The van der Waals surface area contributed by atoms with Crippen molar-refractivity contribution in [2.45, 2.75) is 0 Å². The third-order valence-corrected chi connectivity index (χ3v) is 0. The minimum atomic E-state index is 0. The first kappa shape index (κ1) is 25.1. The van der Waals surface area contributed by atoms with Gasteiger partial charge in [0.25, 0.3) is 0 Å². The van der Waals surface area contributed by atoms with Gasteiger partial charge in [-0.05, 0) is 7.11 Å². The van der Waals surface area contributed by atoms with E-state index >= 15 is 0 Å². The molecule has 37 valence electrons. The number of rotatable bonds is 0. The van der Waals surface area contributed by atoms with E-state index in [0.717, 1.165) is 0 Å². The summed E-state index contributed by atoms with van der Waals surface area (Å²) in [5.41, 5.74) is 0. The van der Waals surface area contributed by atoms with Crippen molar-refractivity contribution in [3.05, 3.63) is 14.5 Å². The Balaban J connectivity index is -0.00000000667. The van der Waals surface area contributed by atoms with Gasteiger partial charge in [-0.2, -0.15) is 0 Å². The number of ether oxygens (including phenoxy) is 1. The van der Waals surface area contributed by atoms with Gasteiger partial charge in [-0.3, -0.25) is 0 Å². The van der Waals surface area contributed by atoms with Gasteiger partial charge < -0.3 is 12.2 Å². The molecular weight excluding hydrogens is 325 g/mol. The van der Waals surface area contributed by atoms with Crippen molar-refractivity contribution < 1.29 is 58.5 Å². The Bertz CT molecular complexity index is 10.8. The molecule has 0 aromatic carbocycles. The van der Waals surface area contributed by atoms with Gasteiger partial charge in [0, 0.05) is 53.8 Å². The second-order valence-corrected chi connectivity index (χ2v) is 0.289. The van der Waals surface area contributed by atoms with Gasteiger partial charge in [-0.15, -0.1) is 0 Å². The smallest absolute Gasteiger partial charge is 0 e. The van der Waals surface area contributed by atoms with Crippen LogP contribution < -0.4 is 0 Å². The molecule has 0 aromatic rings. The standard InChI is InChI=1S/C2H5O.CH3.W.Y/c1-3-2;;;/h1H2,2H3;1H3;;/q2*-1;;. The van der Waals surface area contributed by atoms with Gasteiger partial charge in [-0.1, -0.05) is 0 Å². The van der Waals surface area contributed by atoms with Gasteiger partial charge in [0.1, 0.15) is 0 Å². The Labute approximate surface area is 79.4 Å². The quantitative estimate of drug-likeness (QED) is 0.598. The topological polar surface area (TPSA) is 9.23 Å². The van der Waals surface area contributed by atoms with Crippen LogP contribution in [0.5, 0.6) is 0 Å². The average molecular weight is 333 g/mol. The van der Waals surface area contributed by atoms with E-state index in [9.17, 15) is 0 Å². The van der Waals surface area contributed by atoms with Crippen LogP contribution in [-0.4, -0.2) is 7.11 Å². The predicted molar refractivity (Wildman–Crippen MR) is 18.8 cm³/mol. The fourth-order valence-electron chi connectivity index (χ4n) is 0. The molecule has 6 heavy (non-hydrogen) atoms. The molecule has 0 atom stereocenters. The van der Waals surface area contributed by atoms with Crippen molar-refractivity contribution in [1.29, 1.82) is 0 Å². The fourth-order valence-corrected chi connectivity index (χ4v) is 0. The molecule has 0 fully saturated rings. The Morgan fingerprint density at radius 3 is 1.50 bits per heavy atom. The van der Waals surface area contributed by atoms with Gasteiger partial charge in [0.05, 0.1) is 0 Å². The number of hydrogen-bond acceptors (Lipinski definition) is 1. The summed E-state index contributed by atoms with van der Waals surface area (Å²) in [7, 11) is 4.50. The normalized spacial score (nSPS) is 3.00. The maximum Gasteiger partial charge on any atom is 0 e. The van der Waals surface area contributed by atoms with Crippen LogP contribution in [0.3, 0.4) is 0 Å². The van der Waals surface area contributed by atoms with Gasteiger partial charge in [0.15, 0.2) is 0 Å². The second-order valence-electron chi connectivity index (χ2n) is 0.289. The van der Waals surface area contributed by atoms with E-state index < -0.39 is 0 Å². The molecule has 0 unspecified atom stereocenters. The van der Waals surface area contributed by atoms with Gasteiger partial charge in [-0.25, -0.2) is 7.11 Å². The molecule has 0 spiro atoms. The van der Waals surface area contributed by atoms with Crippen LogP contribution in [0.15, 0.2) is 0 Å². The van der Waals surface area contributed by atoms with E-state index in [4.69, 9.17) is 0 Å². The van der Waals surface area contributed by atoms with Crippen LogP contribution in [0.1, 0.15) is 0 Å². The summed E-state index contributed by atoms with van der Waals surface area (Å²) in [5, 5.41) is 0.